The van der Waals surface area contributed by atoms with E-state index in [0.717, 1.165) is 32.5 Å². The Balaban J connectivity index is 2.44. The highest BCUT2D eigenvalue weighted by atomic mass is 32.2. The molecule has 0 aliphatic carbocycles. The van der Waals surface area contributed by atoms with Gasteiger partial charge < -0.3 is 10.6 Å². The van der Waals surface area contributed by atoms with E-state index in [1.54, 1.807) is 11.8 Å². The average molecular weight is 230 g/mol. The first kappa shape index (κ1) is 12.8. The summed E-state index contributed by atoms with van der Waals surface area (Å²) < 4.78 is 0. The van der Waals surface area contributed by atoms with Crippen LogP contribution in [-0.2, 0) is 4.79 Å². The average Bonchev–Trinajstić information content (AvgIpc) is 2.75. The van der Waals surface area contributed by atoms with Gasteiger partial charge in [-0.15, -0.1) is 0 Å². The van der Waals surface area contributed by atoms with Crippen LogP contribution < -0.4 is 10.6 Å². The zero-order chi connectivity index (χ0) is 11.3. The highest BCUT2D eigenvalue weighted by Crippen LogP contribution is 2.29. The Morgan fingerprint density at radius 1 is 1.67 bits per heavy atom. The van der Waals surface area contributed by atoms with Crippen molar-refractivity contribution in [2.75, 3.05) is 25.9 Å². The molecule has 4 heteroatoms. The molecular weight excluding hydrogens is 208 g/mol. The highest BCUT2D eigenvalue weighted by Gasteiger charge is 2.39. The van der Waals surface area contributed by atoms with Crippen molar-refractivity contribution in [3.05, 3.63) is 0 Å². The van der Waals surface area contributed by atoms with Crippen LogP contribution in [0.25, 0.3) is 0 Å². The van der Waals surface area contributed by atoms with Gasteiger partial charge >= 0.3 is 0 Å². The molecule has 0 spiro atoms. The maximum absolute atomic E-state index is 12.1. The maximum Gasteiger partial charge on any atom is 0.227 e. The van der Waals surface area contributed by atoms with Crippen LogP contribution >= 0.6 is 11.8 Å². The monoisotopic (exact) mass is 230 g/mol. The summed E-state index contributed by atoms with van der Waals surface area (Å²) in [5.41, 5.74) is -0.141. The van der Waals surface area contributed by atoms with Crippen molar-refractivity contribution < 1.29 is 4.79 Å². The number of amides is 1. The molecule has 1 aliphatic rings. The fourth-order valence-electron chi connectivity index (χ4n) is 1.91. The summed E-state index contributed by atoms with van der Waals surface area (Å²) in [4.78, 5) is 12.1. The zero-order valence-electron chi connectivity index (χ0n) is 9.93. The molecule has 0 unspecified atom stereocenters. The lowest BCUT2D eigenvalue weighted by Gasteiger charge is -2.25. The summed E-state index contributed by atoms with van der Waals surface area (Å²) in [6.07, 6.45) is 3.98. The lowest BCUT2D eigenvalue weighted by atomic mass is 9.83. The minimum Gasteiger partial charge on any atom is -0.354 e. The van der Waals surface area contributed by atoms with Crippen molar-refractivity contribution in [2.45, 2.75) is 31.9 Å². The molecule has 2 N–H and O–H groups in total. The van der Waals surface area contributed by atoms with Crippen LogP contribution in [-0.4, -0.2) is 37.0 Å². The van der Waals surface area contributed by atoms with Crippen LogP contribution in [0.3, 0.4) is 0 Å². The van der Waals surface area contributed by atoms with Gasteiger partial charge in [0.1, 0.15) is 0 Å². The highest BCUT2D eigenvalue weighted by molar-refractivity contribution is 7.99. The van der Waals surface area contributed by atoms with E-state index in [4.69, 9.17) is 0 Å². The second-order valence-corrected chi connectivity index (χ2v) is 5.59. The Kier molecular flexibility index (Phi) is 4.93. The van der Waals surface area contributed by atoms with Crippen molar-refractivity contribution >= 4 is 17.7 Å². The molecule has 0 saturated carbocycles. The van der Waals surface area contributed by atoms with Crippen LogP contribution in [0.1, 0.15) is 26.7 Å². The van der Waals surface area contributed by atoms with Gasteiger partial charge in [0, 0.05) is 18.3 Å². The summed E-state index contributed by atoms with van der Waals surface area (Å²) in [6.45, 7) is 6.82. The van der Waals surface area contributed by atoms with Crippen LogP contribution in [0.5, 0.6) is 0 Å². The molecule has 1 aliphatic heterocycles. The van der Waals surface area contributed by atoms with Gasteiger partial charge in [0.25, 0.3) is 0 Å². The van der Waals surface area contributed by atoms with Gasteiger partial charge in [0.05, 0.1) is 5.41 Å². The van der Waals surface area contributed by atoms with Gasteiger partial charge in [-0.25, -0.2) is 0 Å². The first-order valence-corrected chi connectivity index (χ1v) is 6.95. The van der Waals surface area contributed by atoms with E-state index < -0.39 is 0 Å². The van der Waals surface area contributed by atoms with E-state index in [-0.39, 0.29) is 11.3 Å². The number of hydrogen-bond donors (Lipinski definition) is 2. The molecule has 0 aromatic carbocycles. The smallest absolute Gasteiger partial charge is 0.227 e. The molecule has 1 fully saturated rings. The number of thioether (sulfide) groups is 1. The third-order valence-electron chi connectivity index (χ3n) is 3.35. The summed E-state index contributed by atoms with van der Waals surface area (Å²) in [5, 5.41) is 6.85. The molecule has 15 heavy (non-hydrogen) atoms. The van der Waals surface area contributed by atoms with E-state index in [0.29, 0.717) is 5.25 Å². The van der Waals surface area contributed by atoms with Crippen molar-refractivity contribution in [1.82, 2.24) is 10.6 Å². The predicted octanol–water partition coefficient (Wildman–Crippen LogP) is 1.24. The van der Waals surface area contributed by atoms with Gasteiger partial charge in [-0.3, -0.25) is 4.79 Å². The Labute approximate surface area is 96.8 Å². The topological polar surface area (TPSA) is 41.1 Å². The van der Waals surface area contributed by atoms with Crippen LogP contribution in [0.2, 0.25) is 0 Å². The van der Waals surface area contributed by atoms with Crippen LogP contribution in [0, 0.1) is 5.41 Å². The zero-order valence-corrected chi connectivity index (χ0v) is 10.7. The first-order valence-electron chi connectivity index (χ1n) is 5.66. The Hall–Kier alpha value is -0.220. The van der Waals surface area contributed by atoms with Crippen molar-refractivity contribution in [3.8, 4) is 0 Å². The number of carbonyl (C=O) groups excluding carboxylic acids is 1. The SMILES string of the molecule is CC[C@]1(C(=O)NC[C@@H](C)SC)CCNC1. The van der Waals surface area contributed by atoms with Crippen molar-refractivity contribution in [1.29, 1.82) is 0 Å². The van der Waals surface area contributed by atoms with E-state index in [9.17, 15) is 4.79 Å². The molecule has 0 radical (unpaired) electrons. The summed E-state index contributed by atoms with van der Waals surface area (Å²) in [7, 11) is 0. The third-order valence-corrected chi connectivity index (χ3v) is 4.33. The second-order valence-electron chi connectivity index (χ2n) is 4.32. The van der Waals surface area contributed by atoms with Gasteiger partial charge in [-0.1, -0.05) is 13.8 Å². The first-order chi connectivity index (χ1) is 7.14. The molecule has 1 rings (SSSR count). The number of nitrogens with one attached hydrogen (secondary N) is 2. The molecule has 0 aromatic rings. The van der Waals surface area contributed by atoms with Crippen molar-refractivity contribution in [3.63, 3.8) is 0 Å². The van der Waals surface area contributed by atoms with Gasteiger partial charge in [-0.2, -0.15) is 11.8 Å². The Morgan fingerprint density at radius 2 is 2.40 bits per heavy atom. The van der Waals surface area contributed by atoms with E-state index >= 15 is 0 Å². The summed E-state index contributed by atoms with van der Waals surface area (Å²) in [6, 6.07) is 0. The lowest BCUT2D eigenvalue weighted by Crippen LogP contribution is -2.43. The van der Waals surface area contributed by atoms with E-state index in [1.807, 2.05) is 0 Å². The van der Waals surface area contributed by atoms with E-state index in [1.165, 1.54) is 0 Å². The number of rotatable bonds is 5. The molecule has 0 aromatic heterocycles. The largest absolute Gasteiger partial charge is 0.354 e. The fraction of sp³-hybridized carbons (Fsp3) is 0.909. The number of carbonyl (C=O) groups is 1. The lowest BCUT2D eigenvalue weighted by molar-refractivity contribution is -0.130. The van der Waals surface area contributed by atoms with Gasteiger partial charge in [0.15, 0.2) is 0 Å². The predicted molar refractivity (Wildman–Crippen MR) is 66.2 cm³/mol. The molecule has 1 amide bonds. The van der Waals surface area contributed by atoms with Crippen LogP contribution in [0.15, 0.2) is 0 Å². The summed E-state index contributed by atoms with van der Waals surface area (Å²) >= 11 is 1.79. The Bertz CT molecular complexity index is 215. The fourth-order valence-corrected chi connectivity index (χ4v) is 2.16. The third kappa shape index (κ3) is 3.11. The number of hydrogen-bond acceptors (Lipinski definition) is 3. The van der Waals surface area contributed by atoms with E-state index in [2.05, 4.69) is 30.7 Å². The van der Waals surface area contributed by atoms with Gasteiger partial charge in [0.2, 0.25) is 5.91 Å². The molecule has 1 heterocycles. The molecule has 88 valence electrons. The molecular formula is C11H22N2OS. The molecule has 3 nitrogen and oxygen atoms in total. The summed E-state index contributed by atoms with van der Waals surface area (Å²) in [5.74, 6) is 0.232. The molecule has 1 saturated heterocycles. The van der Waals surface area contributed by atoms with Crippen LogP contribution in [0.4, 0.5) is 0 Å². The van der Waals surface area contributed by atoms with Crippen molar-refractivity contribution in [2.24, 2.45) is 5.41 Å². The Morgan fingerprint density at radius 3 is 2.87 bits per heavy atom. The molecule has 0 bridgehead atoms. The quantitative estimate of drug-likeness (QED) is 0.747. The second kappa shape index (κ2) is 5.75. The minimum absolute atomic E-state index is 0.141. The standard InChI is InChI=1S/C11H22N2OS/c1-4-11(5-6-12-8-11)10(14)13-7-9(2)15-3/h9,12H,4-8H2,1-3H3,(H,13,14)/t9-,11+/m1/s1. The van der Waals surface area contributed by atoms with Gasteiger partial charge in [-0.05, 0) is 25.6 Å². The normalized spacial score (nSPS) is 27.7. The maximum atomic E-state index is 12.1. The minimum atomic E-state index is -0.141. The molecule has 2 atom stereocenters.